The lowest BCUT2D eigenvalue weighted by atomic mass is 9.98. The van der Waals surface area contributed by atoms with E-state index < -0.39 is 0 Å². The van der Waals surface area contributed by atoms with Crippen molar-refractivity contribution in [3.05, 3.63) is 78.6 Å². The molecule has 140 valence electrons. The van der Waals surface area contributed by atoms with Gasteiger partial charge in [0.15, 0.2) is 0 Å². The molecule has 1 atom stereocenters. The minimum Gasteiger partial charge on any atom is -0.337 e. The Bertz CT molecular complexity index is 1020. The van der Waals surface area contributed by atoms with E-state index in [9.17, 15) is 0 Å². The topological polar surface area (TPSA) is 41.0 Å². The van der Waals surface area contributed by atoms with E-state index in [0.717, 1.165) is 33.5 Å². The first kappa shape index (κ1) is 18.2. The highest BCUT2D eigenvalue weighted by Crippen LogP contribution is 2.34. The van der Waals surface area contributed by atoms with Crippen LogP contribution in [0.2, 0.25) is 0 Å². The number of aromatic nitrogens is 2. The Balaban J connectivity index is 1.88. The van der Waals surface area contributed by atoms with Crippen molar-refractivity contribution in [2.45, 2.75) is 26.8 Å². The molecule has 4 rings (SSSR count). The number of rotatable bonds is 5. The van der Waals surface area contributed by atoms with Crippen molar-refractivity contribution in [3.63, 3.8) is 0 Å². The average Bonchev–Trinajstić information content (AvgIpc) is 3.16. The lowest BCUT2D eigenvalue weighted by molar-refractivity contribution is 0.533. The maximum absolute atomic E-state index is 4.90. The number of benzene rings is 3. The molecule has 0 aliphatic heterocycles. The molecule has 0 saturated carbocycles. The zero-order valence-electron chi connectivity index (χ0n) is 16.6. The SMILES string of the molecule is CC(C)C(C)/N=C/c1nc2c(-c3ccccc3)ccc(-c3ccccc3)c2[nH]1. The maximum Gasteiger partial charge on any atom is 0.149 e. The quantitative estimate of drug-likeness (QED) is 0.410. The van der Waals surface area contributed by atoms with Crippen LogP contribution in [0, 0.1) is 5.92 Å². The molecule has 3 nitrogen and oxygen atoms in total. The molecule has 0 radical (unpaired) electrons. The van der Waals surface area contributed by atoms with Gasteiger partial charge in [0.2, 0.25) is 0 Å². The van der Waals surface area contributed by atoms with E-state index in [1.54, 1.807) is 0 Å². The Kier molecular flexibility index (Phi) is 5.07. The van der Waals surface area contributed by atoms with Crippen LogP contribution in [0.5, 0.6) is 0 Å². The second-order valence-corrected chi connectivity index (χ2v) is 7.50. The molecule has 0 fully saturated rings. The zero-order valence-corrected chi connectivity index (χ0v) is 16.6. The van der Waals surface area contributed by atoms with Crippen molar-refractivity contribution in [3.8, 4) is 22.3 Å². The molecule has 0 bridgehead atoms. The average molecular weight is 367 g/mol. The summed E-state index contributed by atoms with van der Waals surface area (Å²) in [5.41, 5.74) is 6.65. The summed E-state index contributed by atoms with van der Waals surface area (Å²) < 4.78 is 0. The molecule has 4 aromatic rings. The van der Waals surface area contributed by atoms with E-state index in [1.165, 1.54) is 5.56 Å². The maximum atomic E-state index is 4.90. The molecule has 28 heavy (non-hydrogen) atoms. The predicted octanol–water partition coefficient (Wildman–Crippen LogP) is 6.36. The van der Waals surface area contributed by atoms with Gasteiger partial charge in [0.1, 0.15) is 5.82 Å². The summed E-state index contributed by atoms with van der Waals surface area (Å²) >= 11 is 0. The fourth-order valence-electron chi connectivity index (χ4n) is 3.24. The summed E-state index contributed by atoms with van der Waals surface area (Å²) in [6, 6.07) is 25.4. The number of aromatic amines is 1. The molecule has 0 aliphatic carbocycles. The molecular formula is C25H25N3. The van der Waals surface area contributed by atoms with Crippen LogP contribution in [-0.4, -0.2) is 22.2 Å². The predicted molar refractivity (Wildman–Crippen MR) is 119 cm³/mol. The van der Waals surface area contributed by atoms with Crippen LogP contribution >= 0.6 is 0 Å². The van der Waals surface area contributed by atoms with Crippen LogP contribution in [0.4, 0.5) is 0 Å². The smallest absolute Gasteiger partial charge is 0.149 e. The van der Waals surface area contributed by atoms with E-state index in [4.69, 9.17) is 4.98 Å². The molecule has 0 spiro atoms. The van der Waals surface area contributed by atoms with Crippen LogP contribution in [0.1, 0.15) is 26.6 Å². The van der Waals surface area contributed by atoms with Crippen molar-refractivity contribution in [2.24, 2.45) is 10.9 Å². The third-order valence-electron chi connectivity index (χ3n) is 5.23. The highest BCUT2D eigenvalue weighted by Gasteiger charge is 2.14. The molecular weight excluding hydrogens is 342 g/mol. The van der Waals surface area contributed by atoms with Crippen LogP contribution in [0.15, 0.2) is 77.8 Å². The van der Waals surface area contributed by atoms with E-state index in [1.807, 2.05) is 18.3 Å². The molecule has 3 heteroatoms. The van der Waals surface area contributed by atoms with Gasteiger partial charge in [-0.05, 0) is 24.0 Å². The molecule has 1 aromatic heterocycles. The van der Waals surface area contributed by atoms with Gasteiger partial charge in [0.25, 0.3) is 0 Å². The first-order valence-corrected chi connectivity index (χ1v) is 9.80. The molecule has 3 aromatic carbocycles. The number of nitrogens with one attached hydrogen (secondary N) is 1. The van der Waals surface area contributed by atoms with E-state index in [0.29, 0.717) is 5.92 Å². The Morgan fingerprint density at radius 1 is 0.786 bits per heavy atom. The molecule has 1 N–H and O–H groups in total. The van der Waals surface area contributed by atoms with Gasteiger partial charge in [-0.1, -0.05) is 86.6 Å². The highest BCUT2D eigenvalue weighted by molar-refractivity contribution is 6.02. The Hall–Kier alpha value is -3.20. The standard InChI is InChI=1S/C25H25N3/c1-17(2)18(3)26-16-23-27-24-21(19-10-6-4-7-11-19)14-15-22(25(24)28-23)20-12-8-5-9-13-20/h4-18H,1-3H3,(H,27,28)/b26-16+. The van der Waals surface area contributed by atoms with Crippen LogP contribution in [0.3, 0.4) is 0 Å². The number of hydrogen-bond acceptors (Lipinski definition) is 2. The van der Waals surface area contributed by atoms with Gasteiger partial charge in [-0.15, -0.1) is 0 Å². The second kappa shape index (κ2) is 7.81. The van der Waals surface area contributed by atoms with Crippen molar-refractivity contribution in [1.82, 2.24) is 9.97 Å². The third-order valence-corrected chi connectivity index (χ3v) is 5.23. The summed E-state index contributed by atoms with van der Waals surface area (Å²) in [5.74, 6) is 1.29. The van der Waals surface area contributed by atoms with Gasteiger partial charge < -0.3 is 4.98 Å². The van der Waals surface area contributed by atoms with Crippen molar-refractivity contribution in [2.75, 3.05) is 0 Å². The van der Waals surface area contributed by atoms with E-state index >= 15 is 0 Å². The number of imidazole rings is 1. The minimum atomic E-state index is 0.260. The third kappa shape index (κ3) is 3.61. The molecule has 0 aliphatic rings. The Morgan fingerprint density at radius 3 is 1.96 bits per heavy atom. The summed E-state index contributed by atoms with van der Waals surface area (Å²) in [6.45, 7) is 6.50. The normalized spacial score (nSPS) is 12.9. The lowest BCUT2D eigenvalue weighted by Crippen LogP contribution is -2.07. The van der Waals surface area contributed by atoms with E-state index in [-0.39, 0.29) is 6.04 Å². The Labute approximate surface area is 166 Å². The second-order valence-electron chi connectivity index (χ2n) is 7.50. The van der Waals surface area contributed by atoms with Crippen LogP contribution in [-0.2, 0) is 0 Å². The van der Waals surface area contributed by atoms with Crippen molar-refractivity contribution < 1.29 is 0 Å². The largest absolute Gasteiger partial charge is 0.337 e. The first-order valence-electron chi connectivity index (χ1n) is 9.80. The molecule has 0 saturated heterocycles. The summed E-state index contributed by atoms with van der Waals surface area (Å²) in [6.07, 6.45) is 1.87. The number of aliphatic imine (C=N–C) groups is 1. The number of nitrogens with zero attached hydrogens (tertiary/aromatic N) is 2. The summed E-state index contributed by atoms with van der Waals surface area (Å²) in [5, 5.41) is 0. The highest BCUT2D eigenvalue weighted by atomic mass is 14.9. The van der Waals surface area contributed by atoms with Gasteiger partial charge in [0, 0.05) is 17.2 Å². The number of H-pyrrole nitrogens is 1. The zero-order chi connectivity index (χ0) is 19.5. The monoisotopic (exact) mass is 367 g/mol. The van der Waals surface area contributed by atoms with Gasteiger partial charge in [0.05, 0.1) is 17.2 Å². The fraction of sp³-hybridized carbons (Fsp3) is 0.200. The van der Waals surface area contributed by atoms with Crippen molar-refractivity contribution in [1.29, 1.82) is 0 Å². The molecule has 1 heterocycles. The Morgan fingerprint density at radius 2 is 1.36 bits per heavy atom. The van der Waals surface area contributed by atoms with Gasteiger partial charge >= 0.3 is 0 Å². The minimum absolute atomic E-state index is 0.260. The van der Waals surface area contributed by atoms with Crippen LogP contribution < -0.4 is 0 Å². The van der Waals surface area contributed by atoms with Gasteiger partial charge in [-0.2, -0.15) is 0 Å². The lowest BCUT2D eigenvalue weighted by Gasteiger charge is -2.08. The summed E-state index contributed by atoms with van der Waals surface area (Å²) in [4.78, 5) is 13.1. The molecule has 0 amide bonds. The van der Waals surface area contributed by atoms with Gasteiger partial charge in [-0.25, -0.2) is 4.98 Å². The van der Waals surface area contributed by atoms with Gasteiger partial charge in [-0.3, -0.25) is 4.99 Å². The van der Waals surface area contributed by atoms with E-state index in [2.05, 4.69) is 91.4 Å². The first-order chi connectivity index (χ1) is 13.6. The summed E-state index contributed by atoms with van der Waals surface area (Å²) in [7, 11) is 0. The number of hydrogen-bond donors (Lipinski definition) is 1. The number of fused-ring (bicyclic) bond motifs is 1. The van der Waals surface area contributed by atoms with Crippen LogP contribution in [0.25, 0.3) is 33.3 Å². The molecule has 1 unspecified atom stereocenters. The van der Waals surface area contributed by atoms with Crippen molar-refractivity contribution >= 4 is 17.2 Å². The fourth-order valence-corrected chi connectivity index (χ4v) is 3.24.